The lowest BCUT2D eigenvalue weighted by molar-refractivity contribution is -0.133. The van der Waals surface area contributed by atoms with Crippen LogP contribution in [0.3, 0.4) is 0 Å². The summed E-state index contributed by atoms with van der Waals surface area (Å²) in [5.41, 5.74) is 0.154. The molecule has 4 rings (SSSR count). The molecule has 0 aromatic rings. The molecule has 0 bridgehead atoms. The van der Waals surface area contributed by atoms with Crippen LogP contribution in [0, 0.1) is 5.92 Å². The summed E-state index contributed by atoms with van der Waals surface area (Å²) < 4.78 is 5.81. The van der Waals surface area contributed by atoms with Gasteiger partial charge in [0.1, 0.15) is 0 Å². The second-order valence-electron chi connectivity index (χ2n) is 7.96. The number of likely N-dealkylation sites (tertiary alicyclic amines) is 2. The molecule has 2 atom stereocenters. The minimum atomic E-state index is 0.154. The van der Waals surface area contributed by atoms with Crippen molar-refractivity contribution in [3.05, 3.63) is 0 Å². The highest BCUT2D eigenvalue weighted by molar-refractivity contribution is 5.79. The van der Waals surface area contributed by atoms with E-state index in [1.54, 1.807) is 0 Å². The maximum Gasteiger partial charge on any atom is 0.223 e. The van der Waals surface area contributed by atoms with Crippen LogP contribution in [0.2, 0.25) is 0 Å². The lowest BCUT2D eigenvalue weighted by atomic mass is 9.87. The fraction of sp³-hybridized carbons (Fsp3) is 0.944. The molecule has 0 radical (unpaired) electrons. The van der Waals surface area contributed by atoms with Gasteiger partial charge in [-0.15, -0.1) is 0 Å². The Hall–Kier alpha value is -0.610. The molecular weight excluding hydrogens is 276 g/mol. The van der Waals surface area contributed by atoms with E-state index in [0.29, 0.717) is 12.0 Å². The van der Waals surface area contributed by atoms with Crippen LogP contribution in [-0.2, 0) is 9.53 Å². The Bertz CT molecular complexity index is 417. The number of hydrogen-bond donors (Lipinski definition) is 0. The molecule has 1 saturated carbocycles. The number of hydrogen-bond acceptors (Lipinski definition) is 3. The van der Waals surface area contributed by atoms with E-state index in [-0.39, 0.29) is 5.54 Å². The van der Waals surface area contributed by atoms with Crippen LogP contribution >= 0.6 is 0 Å². The molecule has 0 N–H and O–H groups in total. The fourth-order valence-corrected chi connectivity index (χ4v) is 4.76. The molecule has 4 aliphatic rings. The van der Waals surface area contributed by atoms with Crippen LogP contribution in [0.25, 0.3) is 0 Å². The largest absolute Gasteiger partial charge is 0.376 e. The highest BCUT2D eigenvalue weighted by atomic mass is 16.5. The molecule has 0 unspecified atom stereocenters. The van der Waals surface area contributed by atoms with Gasteiger partial charge in [-0.05, 0) is 63.8 Å². The topological polar surface area (TPSA) is 32.8 Å². The average molecular weight is 306 g/mol. The first-order valence-electron chi connectivity index (χ1n) is 9.40. The monoisotopic (exact) mass is 306 g/mol. The van der Waals surface area contributed by atoms with Gasteiger partial charge in [0.05, 0.1) is 6.10 Å². The van der Waals surface area contributed by atoms with Crippen LogP contribution in [0.4, 0.5) is 0 Å². The summed E-state index contributed by atoms with van der Waals surface area (Å²) in [4.78, 5) is 17.4. The number of carbonyl (C=O) groups excluding carboxylic acids is 1. The smallest absolute Gasteiger partial charge is 0.223 e. The normalized spacial score (nSPS) is 37.2. The number of ether oxygens (including phenoxy) is 1. The predicted molar refractivity (Wildman–Crippen MR) is 85.7 cm³/mol. The number of nitrogens with zero attached hydrogens (tertiary/aromatic N) is 2. The Labute approximate surface area is 134 Å². The van der Waals surface area contributed by atoms with Gasteiger partial charge in [0.15, 0.2) is 0 Å². The number of amides is 1. The molecule has 0 aromatic heterocycles. The second-order valence-corrected chi connectivity index (χ2v) is 7.96. The molecule has 1 aliphatic carbocycles. The lowest BCUT2D eigenvalue weighted by Crippen LogP contribution is -2.49. The van der Waals surface area contributed by atoms with Crippen LogP contribution in [0.15, 0.2) is 0 Å². The van der Waals surface area contributed by atoms with Crippen LogP contribution < -0.4 is 0 Å². The van der Waals surface area contributed by atoms with Gasteiger partial charge in [-0.25, -0.2) is 0 Å². The Balaban J connectivity index is 1.42. The molecule has 0 aromatic carbocycles. The first-order chi connectivity index (χ1) is 10.8. The van der Waals surface area contributed by atoms with Gasteiger partial charge < -0.3 is 14.5 Å². The maximum atomic E-state index is 12.5. The third-order valence-corrected chi connectivity index (χ3v) is 6.31. The van der Waals surface area contributed by atoms with Crippen molar-refractivity contribution < 1.29 is 9.53 Å². The summed E-state index contributed by atoms with van der Waals surface area (Å²) in [5, 5.41) is 0. The molecule has 3 aliphatic heterocycles. The van der Waals surface area contributed by atoms with E-state index >= 15 is 0 Å². The van der Waals surface area contributed by atoms with E-state index in [0.717, 1.165) is 44.8 Å². The van der Waals surface area contributed by atoms with Gasteiger partial charge in [0.25, 0.3) is 0 Å². The molecule has 4 fully saturated rings. The van der Waals surface area contributed by atoms with Crippen LogP contribution in [0.5, 0.6) is 0 Å². The Morgan fingerprint density at radius 2 is 1.95 bits per heavy atom. The quantitative estimate of drug-likeness (QED) is 0.800. The van der Waals surface area contributed by atoms with Crippen LogP contribution in [-0.4, -0.2) is 60.1 Å². The van der Waals surface area contributed by atoms with Crippen molar-refractivity contribution in [3.63, 3.8) is 0 Å². The first-order valence-corrected chi connectivity index (χ1v) is 9.40. The van der Waals surface area contributed by atoms with Gasteiger partial charge >= 0.3 is 0 Å². The zero-order valence-electron chi connectivity index (χ0n) is 13.8. The van der Waals surface area contributed by atoms with E-state index < -0.39 is 0 Å². The lowest BCUT2D eigenvalue weighted by Gasteiger charge is -2.39. The molecule has 124 valence electrons. The summed E-state index contributed by atoms with van der Waals surface area (Å²) in [6.07, 6.45) is 10.9. The summed E-state index contributed by atoms with van der Waals surface area (Å²) in [6, 6.07) is 0. The zero-order chi connectivity index (χ0) is 15.0. The Morgan fingerprint density at radius 3 is 2.73 bits per heavy atom. The second kappa shape index (κ2) is 6.12. The van der Waals surface area contributed by atoms with Crippen molar-refractivity contribution >= 4 is 5.91 Å². The summed E-state index contributed by atoms with van der Waals surface area (Å²) in [7, 11) is 0. The van der Waals surface area contributed by atoms with E-state index in [2.05, 4.69) is 9.80 Å². The summed E-state index contributed by atoms with van der Waals surface area (Å²) in [5.74, 6) is 1.35. The average Bonchev–Trinajstić information content (AvgIpc) is 3.15. The Morgan fingerprint density at radius 1 is 1.05 bits per heavy atom. The number of rotatable bonds is 4. The molecule has 22 heavy (non-hydrogen) atoms. The Kier molecular flexibility index (Phi) is 4.16. The molecule has 3 saturated heterocycles. The summed E-state index contributed by atoms with van der Waals surface area (Å²) >= 11 is 0. The van der Waals surface area contributed by atoms with Gasteiger partial charge in [0.2, 0.25) is 5.91 Å². The standard InChI is InChI=1S/C18H30N2O2/c21-17-6-8-18(20(17)14-16-3-1-12-22-16)7-2-10-19(11-9-18)13-15-4-5-15/h15-16H,1-14H2/t16-,18+/m0/s1. The molecule has 1 amide bonds. The molecule has 4 heteroatoms. The van der Waals surface area contributed by atoms with Crippen molar-refractivity contribution in [1.82, 2.24) is 9.80 Å². The molecule has 4 nitrogen and oxygen atoms in total. The van der Waals surface area contributed by atoms with Crippen molar-refractivity contribution in [2.45, 2.75) is 69.4 Å². The zero-order valence-corrected chi connectivity index (χ0v) is 13.8. The van der Waals surface area contributed by atoms with Crippen LogP contribution in [0.1, 0.15) is 57.8 Å². The van der Waals surface area contributed by atoms with E-state index in [4.69, 9.17) is 4.74 Å². The van der Waals surface area contributed by atoms with Gasteiger partial charge in [0, 0.05) is 38.2 Å². The third-order valence-electron chi connectivity index (χ3n) is 6.31. The SMILES string of the molecule is O=C1CC[C@@]2(CCCN(CC3CC3)CC2)N1C[C@@H]1CCCO1. The highest BCUT2D eigenvalue weighted by Crippen LogP contribution is 2.40. The first kappa shape index (κ1) is 14.9. The van der Waals surface area contributed by atoms with Gasteiger partial charge in [-0.3, -0.25) is 4.79 Å². The maximum absolute atomic E-state index is 12.5. The van der Waals surface area contributed by atoms with Crippen molar-refractivity contribution in [2.75, 3.05) is 32.8 Å². The third kappa shape index (κ3) is 3.05. The number of carbonyl (C=O) groups is 1. The van der Waals surface area contributed by atoms with Gasteiger partial charge in [-0.1, -0.05) is 0 Å². The van der Waals surface area contributed by atoms with E-state index in [9.17, 15) is 4.79 Å². The fourth-order valence-electron chi connectivity index (χ4n) is 4.76. The minimum Gasteiger partial charge on any atom is -0.376 e. The predicted octanol–water partition coefficient (Wildman–Crippen LogP) is 2.42. The van der Waals surface area contributed by atoms with Crippen molar-refractivity contribution in [2.24, 2.45) is 5.92 Å². The van der Waals surface area contributed by atoms with Crippen molar-refractivity contribution in [3.8, 4) is 0 Å². The van der Waals surface area contributed by atoms with Crippen molar-refractivity contribution in [1.29, 1.82) is 0 Å². The summed E-state index contributed by atoms with van der Waals surface area (Å²) in [6.45, 7) is 5.46. The van der Waals surface area contributed by atoms with E-state index in [1.165, 1.54) is 51.7 Å². The van der Waals surface area contributed by atoms with E-state index in [1.807, 2.05) is 0 Å². The molecular formula is C18H30N2O2. The van der Waals surface area contributed by atoms with Gasteiger partial charge in [-0.2, -0.15) is 0 Å². The minimum absolute atomic E-state index is 0.154. The molecule has 3 heterocycles. The molecule has 1 spiro atoms. The highest BCUT2D eigenvalue weighted by Gasteiger charge is 2.46.